The van der Waals surface area contributed by atoms with E-state index in [0.717, 1.165) is 21.0 Å². The molecule has 1 heterocycles. The normalized spacial score (nSPS) is 12.8. The molecule has 0 amide bonds. The van der Waals surface area contributed by atoms with Crippen LogP contribution in [0.4, 0.5) is 8.78 Å². The Morgan fingerprint density at radius 2 is 1.80 bits per heavy atom. The molecular formula is C16H13F2NS. The van der Waals surface area contributed by atoms with Crippen molar-refractivity contribution in [3.63, 3.8) is 0 Å². The van der Waals surface area contributed by atoms with Gasteiger partial charge >= 0.3 is 0 Å². The van der Waals surface area contributed by atoms with Gasteiger partial charge in [0.15, 0.2) is 0 Å². The van der Waals surface area contributed by atoms with Crippen LogP contribution in [-0.4, -0.2) is 0 Å². The van der Waals surface area contributed by atoms with Crippen molar-refractivity contribution in [3.05, 3.63) is 70.1 Å². The Morgan fingerprint density at radius 3 is 2.55 bits per heavy atom. The number of benzene rings is 2. The van der Waals surface area contributed by atoms with Crippen LogP contribution in [0.5, 0.6) is 0 Å². The number of rotatable bonds is 2. The first-order valence-electron chi connectivity index (χ1n) is 6.26. The molecule has 4 heteroatoms. The van der Waals surface area contributed by atoms with E-state index < -0.39 is 17.7 Å². The van der Waals surface area contributed by atoms with Crippen LogP contribution in [0.1, 0.15) is 22.0 Å². The first kappa shape index (κ1) is 13.2. The summed E-state index contributed by atoms with van der Waals surface area (Å²) in [4.78, 5) is 0.871. The van der Waals surface area contributed by atoms with E-state index in [-0.39, 0.29) is 0 Å². The molecule has 1 aromatic heterocycles. The van der Waals surface area contributed by atoms with Crippen LogP contribution in [0.2, 0.25) is 0 Å². The Hall–Kier alpha value is -1.78. The molecule has 0 fully saturated rings. The Labute approximate surface area is 119 Å². The van der Waals surface area contributed by atoms with Gasteiger partial charge in [-0.05, 0) is 36.1 Å². The summed E-state index contributed by atoms with van der Waals surface area (Å²) in [6.45, 7) is 1.61. The zero-order valence-electron chi connectivity index (χ0n) is 10.9. The summed E-state index contributed by atoms with van der Waals surface area (Å²) in [5.74, 6) is -1.15. The largest absolute Gasteiger partial charge is 0.320 e. The summed E-state index contributed by atoms with van der Waals surface area (Å²) in [7, 11) is 0. The molecule has 20 heavy (non-hydrogen) atoms. The topological polar surface area (TPSA) is 26.0 Å². The molecule has 0 saturated heterocycles. The minimum atomic E-state index is -0.599. The average Bonchev–Trinajstić information content (AvgIpc) is 2.86. The lowest BCUT2D eigenvalue weighted by atomic mass is 10.0. The molecule has 0 bridgehead atoms. The quantitative estimate of drug-likeness (QED) is 0.736. The van der Waals surface area contributed by atoms with Gasteiger partial charge in [0.2, 0.25) is 0 Å². The van der Waals surface area contributed by atoms with Crippen molar-refractivity contribution in [2.45, 2.75) is 13.0 Å². The highest BCUT2D eigenvalue weighted by Crippen LogP contribution is 2.33. The van der Waals surface area contributed by atoms with E-state index in [1.807, 2.05) is 30.3 Å². The Balaban J connectivity index is 2.07. The number of fused-ring (bicyclic) bond motifs is 1. The van der Waals surface area contributed by atoms with Crippen LogP contribution in [0.3, 0.4) is 0 Å². The summed E-state index contributed by atoms with van der Waals surface area (Å²) >= 11 is 1.53. The number of hydrogen-bond acceptors (Lipinski definition) is 2. The molecule has 0 saturated carbocycles. The molecule has 102 valence electrons. The zero-order valence-corrected chi connectivity index (χ0v) is 11.7. The molecule has 3 rings (SSSR count). The average molecular weight is 289 g/mol. The highest BCUT2D eigenvalue weighted by Gasteiger charge is 2.18. The van der Waals surface area contributed by atoms with E-state index in [9.17, 15) is 8.78 Å². The van der Waals surface area contributed by atoms with E-state index in [1.165, 1.54) is 17.4 Å². The van der Waals surface area contributed by atoms with Crippen molar-refractivity contribution in [2.24, 2.45) is 5.73 Å². The predicted octanol–water partition coefficient (Wildman–Crippen LogP) is 4.54. The first-order valence-corrected chi connectivity index (χ1v) is 7.07. The highest BCUT2D eigenvalue weighted by atomic mass is 32.1. The number of halogens is 2. The number of aryl methyl sites for hydroxylation is 1. The second-order valence-electron chi connectivity index (χ2n) is 4.79. The standard InChI is InChI=1S/C16H13F2NS/c1-9-6-11(13(18)8-12(9)17)16(19)15-7-10-4-2-3-5-14(10)20-15/h2-8,16H,19H2,1H3. The van der Waals surface area contributed by atoms with E-state index in [4.69, 9.17) is 5.73 Å². The molecule has 0 aliphatic rings. The fourth-order valence-electron chi connectivity index (χ4n) is 2.23. The molecule has 2 aromatic carbocycles. The van der Waals surface area contributed by atoms with Crippen LogP contribution in [0, 0.1) is 18.6 Å². The first-order chi connectivity index (χ1) is 9.56. The van der Waals surface area contributed by atoms with Gasteiger partial charge in [0, 0.05) is 21.2 Å². The van der Waals surface area contributed by atoms with Gasteiger partial charge in [-0.1, -0.05) is 18.2 Å². The lowest BCUT2D eigenvalue weighted by Gasteiger charge is -2.12. The number of hydrogen-bond donors (Lipinski definition) is 1. The van der Waals surface area contributed by atoms with Crippen molar-refractivity contribution in [1.29, 1.82) is 0 Å². The smallest absolute Gasteiger partial charge is 0.131 e. The third-order valence-corrected chi connectivity index (χ3v) is 4.56. The van der Waals surface area contributed by atoms with E-state index in [1.54, 1.807) is 6.92 Å². The third kappa shape index (κ3) is 2.21. The van der Waals surface area contributed by atoms with Crippen LogP contribution in [0.15, 0.2) is 42.5 Å². The van der Waals surface area contributed by atoms with Crippen LogP contribution in [0.25, 0.3) is 10.1 Å². The van der Waals surface area contributed by atoms with Gasteiger partial charge in [-0.3, -0.25) is 0 Å². The van der Waals surface area contributed by atoms with Gasteiger partial charge in [0.05, 0.1) is 6.04 Å². The van der Waals surface area contributed by atoms with Crippen LogP contribution >= 0.6 is 11.3 Å². The minimum Gasteiger partial charge on any atom is -0.320 e. The van der Waals surface area contributed by atoms with E-state index in [0.29, 0.717) is 11.1 Å². The minimum absolute atomic E-state index is 0.329. The van der Waals surface area contributed by atoms with Gasteiger partial charge in [0.25, 0.3) is 0 Å². The van der Waals surface area contributed by atoms with Gasteiger partial charge in [0.1, 0.15) is 11.6 Å². The molecule has 0 aliphatic carbocycles. The number of nitrogens with two attached hydrogens (primary N) is 1. The van der Waals surface area contributed by atoms with Crippen LogP contribution < -0.4 is 5.73 Å². The maximum atomic E-state index is 13.9. The van der Waals surface area contributed by atoms with Crippen molar-refractivity contribution < 1.29 is 8.78 Å². The fraction of sp³-hybridized carbons (Fsp3) is 0.125. The van der Waals surface area contributed by atoms with Crippen molar-refractivity contribution >= 4 is 21.4 Å². The summed E-state index contributed by atoms with van der Waals surface area (Å²) in [6, 6.07) is 11.7. The Morgan fingerprint density at radius 1 is 1.05 bits per heavy atom. The lowest BCUT2D eigenvalue weighted by molar-refractivity contribution is 0.561. The predicted molar refractivity (Wildman–Crippen MR) is 79.0 cm³/mol. The van der Waals surface area contributed by atoms with Crippen LogP contribution in [-0.2, 0) is 0 Å². The monoisotopic (exact) mass is 289 g/mol. The molecule has 1 unspecified atom stereocenters. The molecule has 2 N–H and O–H groups in total. The molecule has 0 radical (unpaired) electrons. The lowest BCUT2D eigenvalue weighted by Crippen LogP contribution is -2.13. The molecule has 1 atom stereocenters. The Bertz CT molecular complexity index is 746. The third-order valence-electron chi connectivity index (χ3n) is 3.36. The van der Waals surface area contributed by atoms with Gasteiger partial charge < -0.3 is 5.73 Å². The molecule has 1 nitrogen and oxygen atoms in total. The number of thiophene rings is 1. The molecule has 0 spiro atoms. The summed E-state index contributed by atoms with van der Waals surface area (Å²) in [5, 5.41) is 1.09. The van der Waals surface area contributed by atoms with Crippen molar-refractivity contribution in [2.75, 3.05) is 0 Å². The van der Waals surface area contributed by atoms with Crippen molar-refractivity contribution in [1.82, 2.24) is 0 Å². The van der Waals surface area contributed by atoms with E-state index in [2.05, 4.69) is 0 Å². The fourth-order valence-corrected chi connectivity index (χ4v) is 3.31. The zero-order chi connectivity index (χ0) is 14.3. The second kappa shape index (κ2) is 4.96. The van der Waals surface area contributed by atoms with Gasteiger partial charge in [-0.25, -0.2) is 8.78 Å². The maximum absolute atomic E-state index is 13.9. The highest BCUT2D eigenvalue weighted by molar-refractivity contribution is 7.19. The Kier molecular flexibility index (Phi) is 3.28. The maximum Gasteiger partial charge on any atom is 0.131 e. The molecule has 3 aromatic rings. The summed E-state index contributed by atoms with van der Waals surface area (Å²) in [5.41, 5.74) is 6.88. The van der Waals surface area contributed by atoms with E-state index >= 15 is 0 Å². The summed E-state index contributed by atoms with van der Waals surface area (Å²) in [6.07, 6.45) is 0. The molecular weight excluding hydrogens is 276 g/mol. The second-order valence-corrected chi connectivity index (χ2v) is 5.90. The van der Waals surface area contributed by atoms with Gasteiger partial charge in [-0.2, -0.15) is 0 Å². The van der Waals surface area contributed by atoms with Gasteiger partial charge in [-0.15, -0.1) is 11.3 Å². The SMILES string of the molecule is Cc1cc(C(N)c2cc3ccccc3s2)c(F)cc1F. The summed E-state index contributed by atoms with van der Waals surface area (Å²) < 4.78 is 28.3. The van der Waals surface area contributed by atoms with Crippen molar-refractivity contribution in [3.8, 4) is 0 Å². The molecule has 0 aliphatic heterocycles.